The molecule has 0 saturated carbocycles. The van der Waals surface area contributed by atoms with Crippen molar-refractivity contribution in [3.8, 4) is 17.2 Å². The molecule has 3 rings (SSSR count). The Balaban J connectivity index is 2.09. The van der Waals surface area contributed by atoms with E-state index in [1.165, 1.54) is 5.56 Å². The van der Waals surface area contributed by atoms with Crippen LogP contribution in [0.2, 0.25) is 0 Å². The quantitative estimate of drug-likeness (QED) is 0.921. The van der Waals surface area contributed by atoms with E-state index in [0.717, 1.165) is 36.5 Å². The fourth-order valence-electron chi connectivity index (χ4n) is 3.17. The van der Waals surface area contributed by atoms with Gasteiger partial charge in [0.1, 0.15) is 18.8 Å². The largest absolute Gasteiger partial charge is 0.486 e. The zero-order valence-electron chi connectivity index (χ0n) is 12.5. The van der Waals surface area contributed by atoms with E-state index >= 15 is 0 Å². The molecule has 1 aromatic rings. The van der Waals surface area contributed by atoms with Crippen LogP contribution >= 0.6 is 0 Å². The van der Waals surface area contributed by atoms with Crippen LogP contribution in [0.5, 0.6) is 17.2 Å². The number of hydrogen-bond donors (Lipinski definition) is 1. The van der Waals surface area contributed by atoms with E-state index in [2.05, 4.69) is 25.2 Å². The molecule has 4 nitrogen and oxygen atoms in total. The molecule has 0 saturated heterocycles. The zero-order chi connectivity index (χ0) is 14.2. The maximum atomic E-state index is 6.40. The summed E-state index contributed by atoms with van der Waals surface area (Å²) in [5.41, 5.74) is 1.06. The minimum atomic E-state index is -0.114. The summed E-state index contributed by atoms with van der Waals surface area (Å²) in [4.78, 5) is 0. The van der Waals surface area contributed by atoms with Crippen molar-refractivity contribution in [3.63, 3.8) is 0 Å². The molecule has 0 fully saturated rings. The van der Waals surface area contributed by atoms with Gasteiger partial charge in [0.25, 0.3) is 0 Å². The third-order valence-electron chi connectivity index (χ3n) is 4.60. The van der Waals surface area contributed by atoms with Crippen LogP contribution in [-0.2, 0) is 0 Å². The molecule has 2 heterocycles. The second-order valence-electron chi connectivity index (χ2n) is 5.55. The third-order valence-corrected chi connectivity index (χ3v) is 4.60. The molecule has 1 N–H and O–H groups in total. The molecular weight excluding hydrogens is 254 g/mol. The first-order valence-corrected chi connectivity index (χ1v) is 7.52. The fourth-order valence-corrected chi connectivity index (χ4v) is 3.17. The van der Waals surface area contributed by atoms with E-state index < -0.39 is 0 Å². The van der Waals surface area contributed by atoms with Gasteiger partial charge in [-0.05, 0) is 32.0 Å². The monoisotopic (exact) mass is 277 g/mol. The molecule has 1 atom stereocenters. The number of rotatable bonds is 3. The van der Waals surface area contributed by atoms with Crippen LogP contribution in [0, 0.1) is 0 Å². The molecule has 0 amide bonds. The Bertz CT molecular complexity index is 497. The summed E-state index contributed by atoms with van der Waals surface area (Å²) in [5, 5.41) is 3.41. The van der Waals surface area contributed by atoms with Crippen molar-refractivity contribution < 1.29 is 14.2 Å². The van der Waals surface area contributed by atoms with Crippen LogP contribution in [0.15, 0.2) is 12.1 Å². The van der Waals surface area contributed by atoms with E-state index in [-0.39, 0.29) is 5.60 Å². The Hall–Kier alpha value is -1.42. The van der Waals surface area contributed by atoms with Gasteiger partial charge in [-0.1, -0.05) is 13.8 Å². The normalized spacial score (nSPS) is 22.9. The molecule has 20 heavy (non-hydrogen) atoms. The van der Waals surface area contributed by atoms with Gasteiger partial charge in [0.2, 0.25) is 5.75 Å². The van der Waals surface area contributed by atoms with Gasteiger partial charge in [-0.25, -0.2) is 0 Å². The van der Waals surface area contributed by atoms with Crippen LogP contribution in [0.3, 0.4) is 0 Å². The predicted molar refractivity (Wildman–Crippen MR) is 77.8 cm³/mol. The molecule has 0 bridgehead atoms. The highest BCUT2D eigenvalue weighted by Gasteiger charge is 2.40. The molecule has 1 aromatic carbocycles. The summed E-state index contributed by atoms with van der Waals surface area (Å²) in [6.07, 6.45) is 2.97. The standard InChI is InChI=1S/C16H23NO3/c1-4-16(5-2)10-12(17-3)11-6-7-13-15(14(11)20-16)19-9-8-18-13/h6-7,12,17H,4-5,8-10H2,1-3H3. The Kier molecular flexibility index (Phi) is 3.50. The molecule has 1 unspecified atom stereocenters. The third kappa shape index (κ3) is 2.03. The Morgan fingerprint density at radius 1 is 1.15 bits per heavy atom. The van der Waals surface area contributed by atoms with Crippen molar-refractivity contribution in [1.82, 2.24) is 5.32 Å². The van der Waals surface area contributed by atoms with Gasteiger partial charge >= 0.3 is 0 Å². The minimum absolute atomic E-state index is 0.114. The molecule has 0 aromatic heterocycles. The summed E-state index contributed by atoms with van der Waals surface area (Å²) in [6, 6.07) is 4.39. The molecule has 0 spiro atoms. The smallest absolute Gasteiger partial charge is 0.204 e. The van der Waals surface area contributed by atoms with Crippen molar-refractivity contribution in [2.45, 2.75) is 44.8 Å². The molecule has 110 valence electrons. The number of ether oxygens (including phenoxy) is 3. The lowest BCUT2D eigenvalue weighted by atomic mass is 9.83. The number of fused-ring (bicyclic) bond motifs is 3. The van der Waals surface area contributed by atoms with Crippen LogP contribution in [0.4, 0.5) is 0 Å². The van der Waals surface area contributed by atoms with Gasteiger partial charge in [-0.2, -0.15) is 0 Å². The van der Waals surface area contributed by atoms with Gasteiger partial charge in [-0.3, -0.25) is 0 Å². The zero-order valence-corrected chi connectivity index (χ0v) is 12.5. The van der Waals surface area contributed by atoms with Crippen LogP contribution in [0.1, 0.15) is 44.7 Å². The average molecular weight is 277 g/mol. The Labute approximate surface area is 120 Å². The van der Waals surface area contributed by atoms with Gasteiger partial charge in [0.05, 0.1) is 0 Å². The van der Waals surface area contributed by atoms with Gasteiger partial charge in [0.15, 0.2) is 11.5 Å². The van der Waals surface area contributed by atoms with E-state index in [9.17, 15) is 0 Å². The van der Waals surface area contributed by atoms with Crippen molar-refractivity contribution in [1.29, 1.82) is 0 Å². The van der Waals surface area contributed by atoms with Crippen molar-refractivity contribution >= 4 is 0 Å². The topological polar surface area (TPSA) is 39.7 Å². The summed E-state index contributed by atoms with van der Waals surface area (Å²) in [5.74, 6) is 2.45. The highest BCUT2D eigenvalue weighted by atomic mass is 16.6. The Morgan fingerprint density at radius 3 is 2.60 bits per heavy atom. The lowest BCUT2D eigenvalue weighted by Crippen LogP contribution is -2.43. The average Bonchev–Trinajstić information content (AvgIpc) is 2.53. The minimum Gasteiger partial charge on any atom is -0.486 e. The van der Waals surface area contributed by atoms with E-state index in [1.807, 2.05) is 13.1 Å². The first-order chi connectivity index (χ1) is 9.73. The lowest BCUT2D eigenvalue weighted by Gasteiger charge is -2.42. The summed E-state index contributed by atoms with van der Waals surface area (Å²) in [6.45, 7) is 5.57. The van der Waals surface area contributed by atoms with E-state index in [1.54, 1.807) is 0 Å². The number of benzene rings is 1. The highest BCUT2D eigenvalue weighted by molar-refractivity contribution is 5.58. The predicted octanol–water partition coefficient (Wildman–Crippen LogP) is 3.06. The van der Waals surface area contributed by atoms with Crippen molar-refractivity contribution in [2.24, 2.45) is 0 Å². The van der Waals surface area contributed by atoms with Gasteiger partial charge in [0, 0.05) is 18.0 Å². The molecule has 0 aliphatic carbocycles. The van der Waals surface area contributed by atoms with E-state index in [4.69, 9.17) is 14.2 Å². The maximum absolute atomic E-state index is 6.40. The molecular formula is C16H23NO3. The SMILES string of the molecule is CCC1(CC)CC(NC)c2ccc3c(c2O1)OCCO3. The van der Waals surface area contributed by atoms with E-state index in [0.29, 0.717) is 19.3 Å². The first-order valence-electron chi connectivity index (χ1n) is 7.52. The molecule has 4 heteroatoms. The summed E-state index contributed by atoms with van der Waals surface area (Å²) in [7, 11) is 2.01. The van der Waals surface area contributed by atoms with Crippen molar-refractivity contribution in [3.05, 3.63) is 17.7 Å². The van der Waals surface area contributed by atoms with Crippen LogP contribution < -0.4 is 19.5 Å². The highest BCUT2D eigenvalue weighted by Crippen LogP contribution is 2.51. The molecule has 2 aliphatic heterocycles. The van der Waals surface area contributed by atoms with Crippen molar-refractivity contribution in [2.75, 3.05) is 20.3 Å². The first kappa shape index (κ1) is 13.6. The van der Waals surface area contributed by atoms with Gasteiger partial charge in [-0.15, -0.1) is 0 Å². The van der Waals surface area contributed by atoms with Crippen LogP contribution in [-0.4, -0.2) is 25.9 Å². The molecule has 2 aliphatic rings. The summed E-state index contributed by atoms with van der Waals surface area (Å²) < 4.78 is 17.9. The Morgan fingerprint density at radius 2 is 1.90 bits per heavy atom. The summed E-state index contributed by atoms with van der Waals surface area (Å²) >= 11 is 0. The van der Waals surface area contributed by atoms with Crippen LogP contribution in [0.25, 0.3) is 0 Å². The molecule has 0 radical (unpaired) electrons. The maximum Gasteiger partial charge on any atom is 0.204 e. The fraction of sp³-hybridized carbons (Fsp3) is 0.625. The second kappa shape index (κ2) is 5.17. The number of nitrogens with one attached hydrogen (secondary N) is 1. The lowest BCUT2D eigenvalue weighted by molar-refractivity contribution is 0.0178. The van der Waals surface area contributed by atoms with Gasteiger partial charge < -0.3 is 19.5 Å². The number of hydrogen-bond acceptors (Lipinski definition) is 4. The second-order valence-corrected chi connectivity index (χ2v) is 5.55.